The van der Waals surface area contributed by atoms with Crippen LogP contribution in [-0.2, 0) is 19.6 Å². The van der Waals surface area contributed by atoms with Crippen molar-refractivity contribution in [2.45, 2.75) is 52.4 Å². The van der Waals surface area contributed by atoms with Crippen molar-refractivity contribution < 1.29 is 0 Å². The molecular formula is C17H26N6O. The van der Waals surface area contributed by atoms with Gasteiger partial charge >= 0.3 is 0 Å². The summed E-state index contributed by atoms with van der Waals surface area (Å²) in [5, 5.41) is 7.90. The van der Waals surface area contributed by atoms with E-state index in [-0.39, 0.29) is 5.56 Å². The van der Waals surface area contributed by atoms with Crippen molar-refractivity contribution in [2.75, 3.05) is 18.0 Å². The molecule has 3 heterocycles. The number of nitrogens with zero attached hydrogens (tertiary/aromatic N) is 5. The van der Waals surface area contributed by atoms with Gasteiger partial charge in [-0.05, 0) is 26.7 Å². The third-order valence-corrected chi connectivity index (χ3v) is 4.64. The van der Waals surface area contributed by atoms with Crippen LogP contribution in [0.2, 0.25) is 0 Å². The molecule has 7 heteroatoms. The minimum Gasteiger partial charge on any atom is -0.352 e. The van der Waals surface area contributed by atoms with E-state index in [1.165, 1.54) is 5.56 Å². The first-order valence-corrected chi connectivity index (χ1v) is 8.76. The van der Waals surface area contributed by atoms with Gasteiger partial charge < -0.3 is 14.8 Å². The van der Waals surface area contributed by atoms with Crippen LogP contribution in [-0.4, -0.2) is 38.5 Å². The smallest absolute Gasteiger partial charge is 0.293 e. The van der Waals surface area contributed by atoms with Crippen LogP contribution in [0.3, 0.4) is 0 Å². The fourth-order valence-corrected chi connectivity index (χ4v) is 3.13. The van der Waals surface area contributed by atoms with Crippen LogP contribution in [0, 0.1) is 0 Å². The van der Waals surface area contributed by atoms with Gasteiger partial charge in [-0.1, -0.05) is 0 Å². The summed E-state index contributed by atoms with van der Waals surface area (Å²) < 4.78 is 3.65. The second-order valence-corrected chi connectivity index (χ2v) is 6.19. The molecule has 1 aliphatic heterocycles. The van der Waals surface area contributed by atoms with Crippen molar-refractivity contribution >= 4 is 5.82 Å². The molecule has 0 atom stereocenters. The summed E-state index contributed by atoms with van der Waals surface area (Å²) in [4.78, 5) is 18.8. The Hall–Kier alpha value is -2.15. The summed E-state index contributed by atoms with van der Waals surface area (Å²) in [6, 6.07) is 0.475. The van der Waals surface area contributed by atoms with E-state index in [0.717, 1.165) is 39.0 Å². The Labute approximate surface area is 142 Å². The molecule has 0 amide bonds. The molecule has 1 fully saturated rings. The highest BCUT2D eigenvalue weighted by Gasteiger charge is 2.22. The topological polar surface area (TPSA) is 68.0 Å². The lowest BCUT2D eigenvalue weighted by Crippen LogP contribution is -2.44. The quantitative estimate of drug-likeness (QED) is 0.863. The number of hydrogen-bond donors (Lipinski definition) is 1. The van der Waals surface area contributed by atoms with Gasteiger partial charge in [-0.2, -0.15) is 5.10 Å². The molecule has 1 saturated heterocycles. The fraction of sp³-hybridized carbons (Fsp3) is 0.588. The van der Waals surface area contributed by atoms with Crippen molar-refractivity contribution in [3.63, 3.8) is 0 Å². The van der Waals surface area contributed by atoms with Gasteiger partial charge in [0.25, 0.3) is 5.56 Å². The third kappa shape index (κ3) is 3.67. The van der Waals surface area contributed by atoms with E-state index >= 15 is 0 Å². The summed E-state index contributed by atoms with van der Waals surface area (Å²) in [5.74, 6) is 0.585. The van der Waals surface area contributed by atoms with Gasteiger partial charge in [0, 0.05) is 62.9 Å². The second kappa shape index (κ2) is 7.61. The molecule has 0 saturated carbocycles. The van der Waals surface area contributed by atoms with E-state index < -0.39 is 0 Å². The van der Waals surface area contributed by atoms with Crippen LogP contribution < -0.4 is 15.8 Å². The molecule has 2 aromatic rings. The number of nitrogens with one attached hydrogen (secondary N) is 1. The van der Waals surface area contributed by atoms with E-state index in [1.54, 1.807) is 17.0 Å². The Kier molecular flexibility index (Phi) is 5.30. The fourth-order valence-electron chi connectivity index (χ4n) is 3.13. The summed E-state index contributed by atoms with van der Waals surface area (Å²) in [5.41, 5.74) is 1.23. The summed E-state index contributed by atoms with van der Waals surface area (Å²) >= 11 is 0. The molecule has 0 aromatic carbocycles. The molecule has 130 valence electrons. The Morgan fingerprint density at radius 1 is 1.25 bits per heavy atom. The zero-order valence-electron chi connectivity index (χ0n) is 14.5. The highest BCUT2D eigenvalue weighted by molar-refractivity contribution is 5.36. The number of rotatable bonds is 6. The minimum absolute atomic E-state index is 0.0124. The lowest BCUT2D eigenvalue weighted by Gasteiger charge is -2.32. The van der Waals surface area contributed by atoms with E-state index in [4.69, 9.17) is 0 Å². The standard InChI is InChI=1S/C17H26N6O/c1-3-21-10-7-18-16(17(21)24)22-8-5-15(6-9-22)19-11-14-12-20-23(4-2)13-14/h7,10,12-13,15,19H,3-6,8-9,11H2,1-2H3. The predicted molar refractivity (Wildman–Crippen MR) is 94.1 cm³/mol. The van der Waals surface area contributed by atoms with Gasteiger partial charge in [0.05, 0.1) is 6.20 Å². The first-order valence-electron chi connectivity index (χ1n) is 8.76. The van der Waals surface area contributed by atoms with Gasteiger partial charge in [0.2, 0.25) is 0 Å². The highest BCUT2D eigenvalue weighted by atomic mass is 16.1. The maximum atomic E-state index is 12.4. The maximum absolute atomic E-state index is 12.4. The Balaban J connectivity index is 1.53. The number of piperidine rings is 1. The Bertz CT molecular complexity index is 714. The summed E-state index contributed by atoms with van der Waals surface area (Å²) in [6.45, 7) is 8.21. The van der Waals surface area contributed by atoms with Crippen molar-refractivity contribution in [3.05, 3.63) is 40.7 Å². The molecule has 0 spiro atoms. The molecule has 7 nitrogen and oxygen atoms in total. The van der Waals surface area contributed by atoms with Gasteiger partial charge in [-0.15, -0.1) is 0 Å². The largest absolute Gasteiger partial charge is 0.352 e. The molecule has 1 aliphatic rings. The normalized spacial score (nSPS) is 15.8. The van der Waals surface area contributed by atoms with E-state index in [1.807, 2.05) is 17.8 Å². The number of anilines is 1. The molecule has 0 bridgehead atoms. The van der Waals surface area contributed by atoms with E-state index in [2.05, 4.69) is 33.4 Å². The molecule has 24 heavy (non-hydrogen) atoms. The third-order valence-electron chi connectivity index (χ3n) is 4.64. The molecule has 0 aliphatic carbocycles. The average Bonchev–Trinajstić information content (AvgIpc) is 3.09. The number of hydrogen-bond acceptors (Lipinski definition) is 5. The predicted octanol–water partition coefficient (Wildman–Crippen LogP) is 1.24. The zero-order chi connectivity index (χ0) is 16.9. The van der Waals surface area contributed by atoms with E-state index in [9.17, 15) is 4.79 Å². The Morgan fingerprint density at radius 2 is 2.04 bits per heavy atom. The average molecular weight is 330 g/mol. The molecule has 3 rings (SSSR count). The number of aromatic nitrogens is 4. The SMILES string of the molecule is CCn1cc(CNC2CCN(c3nccn(CC)c3=O)CC2)cn1. The molecular weight excluding hydrogens is 304 g/mol. The van der Waals surface area contributed by atoms with Crippen molar-refractivity contribution in [3.8, 4) is 0 Å². The van der Waals surface area contributed by atoms with Crippen molar-refractivity contribution in [1.29, 1.82) is 0 Å². The van der Waals surface area contributed by atoms with Crippen LogP contribution in [0.5, 0.6) is 0 Å². The van der Waals surface area contributed by atoms with Crippen LogP contribution in [0.4, 0.5) is 5.82 Å². The van der Waals surface area contributed by atoms with Gasteiger partial charge in [0.15, 0.2) is 5.82 Å². The highest BCUT2D eigenvalue weighted by Crippen LogP contribution is 2.15. The van der Waals surface area contributed by atoms with Gasteiger partial charge in [0.1, 0.15) is 0 Å². The lowest BCUT2D eigenvalue weighted by atomic mass is 10.0. The second-order valence-electron chi connectivity index (χ2n) is 6.19. The zero-order valence-corrected chi connectivity index (χ0v) is 14.5. The van der Waals surface area contributed by atoms with Gasteiger partial charge in [-0.3, -0.25) is 9.48 Å². The maximum Gasteiger partial charge on any atom is 0.293 e. The van der Waals surface area contributed by atoms with Crippen LogP contribution >= 0.6 is 0 Å². The minimum atomic E-state index is 0.0124. The van der Waals surface area contributed by atoms with Gasteiger partial charge in [-0.25, -0.2) is 4.98 Å². The molecule has 0 unspecified atom stereocenters. The van der Waals surface area contributed by atoms with Crippen LogP contribution in [0.1, 0.15) is 32.3 Å². The summed E-state index contributed by atoms with van der Waals surface area (Å²) in [7, 11) is 0. The van der Waals surface area contributed by atoms with Crippen molar-refractivity contribution in [1.82, 2.24) is 24.6 Å². The van der Waals surface area contributed by atoms with Crippen LogP contribution in [0.25, 0.3) is 0 Å². The monoisotopic (exact) mass is 330 g/mol. The number of aryl methyl sites for hydroxylation is 2. The first kappa shape index (κ1) is 16.7. The first-order chi connectivity index (χ1) is 11.7. The molecule has 2 aromatic heterocycles. The lowest BCUT2D eigenvalue weighted by molar-refractivity contribution is 0.411. The summed E-state index contributed by atoms with van der Waals surface area (Å²) in [6.07, 6.45) is 9.51. The molecule has 0 radical (unpaired) electrons. The van der Waals surface area contributed by atoms with E-state index in [0.29, 0.717) is 18.4 Å². The molecule has 1 N–H and O–H groups in total. The van der Waals surface area contributed by atoms with Crippen molar-refractivity contribution in [2.24, 2.45) is 0 Å². The van der Waals surface area contributed by atoms with Crippen LogP contribution in [0.15, 0.2) is 29.6 Å². The Morgan fingerprint density at radius 3 is 2.71 bits per heavy atom.